The van der Waals surface area contributed by atoms with E-state index < -0.39 is 18.5 Å². The monoisotopic (exact) mass is 327 g/mol. The second-order valence-corrected chi connectivity index (χ2v) is 5.57. The third-order valence-electron chi connectivity index (χ3n) is 4.03. The third kappa shape index (κ3) is 4.91. The van der Waals surface area contributed by atoms with Gasteiger partial charge in [-0.15, -0.1) is 0 Å². The Bertz CT molecular complexity index is 565. The van der Waals surface area contributed by atoms with Gasteiger partial charge in [-0.1, -0.05) is 18.2 Å². The summed E-state index contributed by atoms with van der Waals surface area (Å²) in [4.78, 5) is 22.9. The topological polar surface area (TPSA) is 75.6 Å². The molecule has 0 aliphatic heterocycles. The summed E-state index contributed by atoms with van der Waals surface area (Å²) in [5, 5.41) is 11.7. The first-order valence-corrected chi connectivity index (χ1v) is 7.50. The Hall–Kier alpha value is -2.18. The van der Waals surface area contributed by atoms with E-state index in [1.165, 1.54) is 6.07 Å². The number of carbonyl (C=O) groups is 2. The lowest BCUT2D eigenvalue weighted by Gasteiger charge is -2.13. The first-order chi connectivity index (χ1) is 11.0. The van der Waals surface area contributed by atoms with Gasteiger partial charge in [-0.05, 0) is 37.3 Å². The molecule has 0 radical (unpaired) electrons. The van der Waals surface area contributed by atoms with Gasteiger partial charge in [-0.2, -0.15) is 8.78 Å². The van der Waals surface area contributed by atoms with Crippen LogP contribution >= 0.6 is 0 Å². The van der Waals surface area contributed by atoms with E-state index in [1.807, 2.05) is 0 Å². The quantitative estimate of drug-likeness (QED) is 0.806. The van der Waals surface area contributed by atoms with Crippen molar-refractivity contribution in [1.82, 2.24) is 5.32 Å². The molecule has 1 saturated carbocycles. The standard InChI is InChI=1S/C16H19F2NO4/c17-16(18)23-13-4-2-1-3-10(13)7-8-19-14(20)11-5-6-12(9-11)15(21)22/h1-4,11-12,16H,5-9H2,(H,19,20)(H,21,22)/t11-,12+/m0/s1. The lowest BCUT2D eigenvalue weighted by molar-refractivity contribution is -0.141. The Morgan fingerprint density at radius 1 is 1.26 bits per heavy atom. The summed E-state index contributed by atoms with van der Waals surface area (Å²) in [6, 6.07) is 6.44. The maximum Gasteiger partial charge on any atom is 0.387 e. The van der Waals surface area contributed by atoms with Gasteiger partial charge in [0.15, 0.2) is 0 Å². The molecular weight excluding hydrogens is 308 g/mol. The number of rotatable bonds is 7. The lowest BCUT2D eigenvalue weighted by Crippen LogP contribution is -2.31. The maximum atomic E-state index is 12.3. The Labute approximate surface area is 132 Å². The number of benzene rings is 1. The number of ether oxygens (including phenoxy) is 1. The highest BCUT2D eigenvalue weighted by Gasteiger charge is 2.33. The van der Waals surface area contributed by atoms with E-state index in [-0.39, 0.29) is 24.1 Å². The highest BCUT2D eigenvalue weighted by Crippen LogP contribution is 2.31. The Kier molecular flexibility index (Phi) is 5.90. The molecule has 7 heteroatoms. The van der Waals surface area contributed by atoms with E-state index in [1.54, 1.807) is 18.2 Å². The second-order valence-electron chi connectivity index (χ2n) is 5.57. The van der Waals surface area contributed by atoms with Crippen LogP contribution in [0.2, 0.25) is 0 Å². The van der Waals surface area contributed by atoms with Crippen LogP contribution in [0.1, 0.15) is 24.8 Å². The largest absolute Gasteiger partial charge is 0.481 e. The predicted octanol–water partition coefficient (Wildman–Crippen LogP) is 2.45. The molecule has 1 fully saturated rings. The summed E-state index contributed by atoms with van der Waals surface area (Å²) in [5.41, 5.74) is 0.586. The Balaban J connectivity index is 1.81. The van der Waals surface area contributed by atoms with Crippen LogP contribution in [-0.2, 0) is 16.0 Å². The van der Waals surface area contributed by atoms with Crippen LogP contribution in [0.3, 0.4) is 0 Å². The highest BCUT2D eigenvalue weighted by molar-refractivity contribution is 5.80. The summed E-state index contributed by atoms with van der Waals surface area (Å²) in [5.74, 6) is -1.68. The summed E-state index contributed by atoms with van der Waals surface area (Å²) >= 11 is 0. The van der Waals surface area contributed by atoms with Gasteiger partial charge in [0.05, 0.1) is 5.92 Å². The SMILES string of the molecule is O=C(O)[C@@H]1CC[C@H](C(=O)NCCc2ccccc2OC(F)F)C1. The molecule has 126 valence electrons. The number of hydrogen-bond acceptors (Lipinski definition) is 3. The first kappa shape index (κ1) is 17.2. The van der Waals surface area contributed by atoms with E-state index in [4.69, 9.17) is 5.11 Å². The zero-order chi connectivity index (χ0) is 16.8. The summed E-state index contributed by atoms with van der Waals surface area (Å²) in [6.07, 6.45) is 1.79. The Morgan fingerprint density at radius 3 is 2.61 bits per heavy atom. The van der Waals surface area contributed by atoms with Crippen molar-refractivity contribution in [1.29, 1.82) is 0 Å². The van der Waals surface area contributed by atoms with Crippen molar-refractivity contribution >= 4 is 11.9 Å². The molecule has 2 N–H and O–H groups in total. The van der Waals surface area contributed by atoms with E-state index in [9.17, 15) is 18.4 Å². The number of carboxylic acid groups (broad SMARTS) is 1. The number of halogens is 2. The number of carbonyl (C=O) groups excluding carboxylic acids is 1. The van der Waals surface area contributed by atoms with E-state index in [0.717, 1.165) is 0 Å². The first-order valence-electron chi connectivity index (χ1n) is 7.50. The van der Waals surface area contributed by atoms with Crippen molar-refractivity contribution in [2.75, 3.05) is 6.54 Å². The van der Waals surface area contributed by atoms with E-state index in [0.29, 0.717) is 31.2 Å². The molecule has 1 aliphatic rings. The van der Waals surface area contributed by atoms with Gasteiger partial charge in [0.2, 0.25) is 5.91 Å². The number of alkyl halides is 2. The molecule has 5 nitrogen and oxygen atoms in total. The number of hydrogen-bond donors (Lipinski definition) is 2. The molecule has 1 aliphatic carbocycles. The molecule has 1 amide bonds. The summed E-state index contributed by atoms with van der Waals surface area (Å²) in [7, 11) is 0. The summed E-state index contributed by atoms with van der Waals surface area (Å²) in [6.45, 7) is -2.60. The minimum Gasteiger partial charge on any atom is -0.481 e. The van der Waals surface area contributed by atoms with Gasteiger partial charge in [0.1, 0.15) is 5.75 Å². The van der Waals surface area contributed by atoms with Crippen LogP contribution in [-0.4, -0.2) is 30.1 Å². The fourth-order valence-corrected chi connectivity index (χ4v) is 2.83. The molecule has 23 heavy (non-hydrogen) atoms. The normalized spacial score (nSPS) is 20.5. The van der Waals surface area contributed by atoms with Gasteiger partial charge in [-0.25, -0.2) is 0 Å². The van der Waals surface area contributed by atoms with E-state index >= 15 is 0 Å². The predicted molar refractivity (Wildman–Crippen MR) is 78.3 cm³/mol. The van der Waals surface area contributed by atoms with Crippen molar-refractivity contribution in [3.05, 3.63) is 29.8 Å². The molecule has 1 aromatic rings. The van der Waals surface area contributed by atoms with E-state index in [2.05, 4.69) is 10.1 Å². The van der Waals surface area contributed by atoms with Gasteiger partial charge < -0.3 is 15.2 Å². The molecule has 0 unspecified atom stereocenters. The van der Waals surface area contributed by atoms with Crippen molar-refractivity contribution in [2.24, 2.45) is 11.8 Å². The van der Waals surface area contributed by atoms with Crippen LogP contribution in [0.25, 0.3) is 0 Å². The number of nitrogens with one attached hydrogen (secondary N) is 1. The minimum absolute atomic E-state index is 0.101. The zero-order valence-electron chi connectivity index (χ0n) is 12.5. The van der Waals surface area contributed by atoms with Crippen LogP contribution in [0.5, 0.6) is 5.75 Å². The molecular formula is C16H19F2NO4. The third-order valence-corrected chi connectivity index (χ3v) is 4.03. The fourth-order valence-electron chi connectivity index (χ4n) is 2.83. The molecule has 2 rings (SSSR count). The average molecular weight is 327 g/mol. The van der Waals surface area contributed by atoms with Gasteiger partial charge >= 0.3 is 12.6 Å². The van der Waals surface area contributed by atoms with Crippen molar-refractivity contribution in [2.45, 2.75) is 32.3 Å². The lowest BCUT2D eigenvalue weighted by atomic mass is 10.0. The number of para-hydroxylation sites is 1. The fraction of sp³-hybridized carbons (Fsp3) is 0.500. The zero-order valence-corrected chi connectivity index (χ0v) is 12.5. The maximum absolute atomic E-state index is 12.3. The molecule has 0 saturated heterocycles. The summed E-state index contributed by atoms with van der Waals surface area (Å²) < 4.78 is 29.1. The smallest absolute Gasteiger partial charge is 0.387 e. The molecule has 0 bridgehead atoms. The van der Waals surface area contributed by atoms with Gasteiger partial charge in [0.25, 0.3) is 0 Å². The van der Waals surface area contributed by atoms with Crippen LogP contribution < -0.4 is 10.1 Å². The molecule has 0 heterocycles. The highest BCUT2D eigenvalue weighted by atomic mass is 19.3. The molecule has 2 atom stereocenters. The van der Waals surface area contributed by atoms with Gasteiger partial charge in [-0.3, -0.25) is 9.59 Å². The van der Waals surface area contributed by atoms with Crippen molar-refractivity contribution in [3.8, 4) is 5.75 Å². The second kappa shape index (κ2) is 7.89. The van der Waals surface area contributed by atoms with Gasteiger partial charge in [0, 0.05) is 12.5 Å². The van der Waals surface area contributed by atoms with Crippen LogP contribution in [0, 0.1) is 11.8 Å². The number of amides is 1. The minimum atomic E-state index is -2.89. The molecule has 1 aromatic carbocycles. The van der Waals surface area contributed by atoms with Crippen molar-refractivity contribution < 1.29 is 28.2 Å². The number of aliphatic carboxylic acids is 1. The molecule has 0 spiro atoms. The van der Waals surface area contributed by atoms with Crippen LogP contribution in [0.4, 0.5) is 8.78 Å². The Morgan fingerprint density at radius 2 is 1.96 bits per heavy atom. The number of carboxylic acids is 1. The average Bonchev–Trinajstić information content (AvgIpc) is 2.98. The van der Waals surface area contributed by atoms with Crippen LogP contribution in [0.15, 0.2) is 24.3 Å². The van der Waals surface area contributed by atoms with Crippen molar-refractivity contribution in [3.63, 3.8) is 0 Å². The molecule has 0 aromatic heterocycles.